The fourth-order valence-corrected chi connectivity index (χ4v) is 3.91. The van der Waals surface area contributed by atoms with E-state index in [1.165, 1.54) is 4.31 Å². The number of nitrogens with zero attached hydrogens (tertiary/aromatic N) is 1. The lowest BCUT2D eigenvalue weighted by Gasteiger charge is -2.32. The molecule has 1 atom stereocenters. The number of hydrogen-bond acceptors (Lipinski definition) is 4. The quantitative estimate of drug-likeness (QED) is 0.893. The van der Waals surface area contributed by atoms with E-state index in [1.54, 1.807) is 24.3 Å². The molecule has 2 rings (SSSR count). The van der Waals surface area contributed by atoms with E-state index < -0.39 is 10.0 Å². The van der Waals surface area contributed by atoms with Crippen LogP contribution in [-0.2, 0) is 21.3 Å². The van der Waals surface area contributed by atoms with Gasteiger partial charge in [-0.25, -0.2) is 8.42 Å². The molecule has 1 fully saturated rings. The Hall–Kier alpha value is -0.950. The van der Waals surface area contributed by atoms with Crippen molar-refractivity contribution in [3.05, 3.63) is 29.8 Å². The molecule has 0 bridgehead atoms. The number of morpholine rings is 1. The summed E-state index contributed by atoms with van der Waals surface area (Å²) < 4.78 is 32.3. The second-order valence-corrected chi connectivity index (χ2v) is 6.48. The van der Waals surface area contributed by atoms with Crippen LogP contribution in [0.1, 0.15) is 18.9 Å². The lowest BCUT2D eigenvalue weighted by Crippen LogP contribution is -2.45. The van der Waals surface area contributed by atoms with Crippen LogP contribution in [0.3, 0.4) is 0 Å². The highest BCUT2D eigenvalue weighted by atomic mass is 32.2. The van der Waals surface area contributed by atoms with Gasteiger partial charge in [0.2, 0.25) is 10.0 Å². The number of ether oxygens (including phenoxy) is 1. The van der Waals surface area contributed by atoms with E-state index in [0.29, 0.717) is 30.2 Å². The molecule has 0 aliphatic carbocycles. The maximum absolute atomic E-state index is 12.6. The predicted octanol–water partition coefficient (Wildman–Crippen LogP) is 0.945. The van der Waals surface area contributed by atoms with Crippen LogP contribution in [0, 0.1) is 0 Å². The van der Waals surface area contributed by atoms with Crippen molar-refractivity contribution in [1.29, 1.82) is 0 Å². The van der Waals surface area contributed by atoms with Gasteiger partial charge in [-0.2, -0.15) is 4.31 Å². The minimum absolute atomic E-state index is 0.0198. The Morgan fingerprint density at radius 1 is 1.42 bits per heavy atom. The molecule has 19 heavy (non-hydrogen) atoms. The average molecular weight is 284 g/mol. The lowest BCUT2D eigenvalue weighted by molar-refractivity contribution is -0.00279. The monoisotopic (exact) mass is 284 g/mol. The van der Waals surface area contributed by atoms with Gasteiger partial charge in [-0.15, -0.1) is 0 Å². The van der Waals surface area contributed by atoms with Crippen LogP contribution in [0.5, 0.6) is 0 Å². The predicted molar refractivity (Wildman–Crippen MR) is 73.1 cm³/mol. The fraction of sp³-hybridized carbons (Fsp3) is 0.538. The molecule has 1 saturated heterocycles. The van der Waals surface area contributed by atoms with Crippen molar-refractivity contribution >= 4 is 10.0 Å². The molecular formula is C13H20N2O3S. The normalized spacial score (nSPS) is 21.5. The topological polar surface area (TPSA) is 72.6 Å². The Balaban J connectivity index is 2.31. The minimum Gasteiger partial charge on any atom is -0.375 e. The standard InChI is InChI=1S/C13H20N2O3S/c1-2-12-10-15(7-8-18-12)19(16,17)13-6-4-3-5-11(13)9-14/h3-6,12H,2,7-10,14H2,1H3. The van der Waals surface area contributed by atoms with E-state index in [1.807, 2.05) is 6.92 Å². The molecule has 1 aliphatic rings. The number of sulfonamides is 1. The third-order valence-corrected chi connectivity index (χ3v) is 5.33. The molecule has 1 heterocycles. The van der Waals surface area contributed by atoms with Crippen molar-refractivity contribution < 1.29 is 13.2 Å². The first-order chi connectivity index (χ1) is 9.09. The van der Waals surface area contributed by atoms with Crippen molar-refractivity contribution in [2.75, 3.05) is 19.7 Å². The molecular weight excluding hydrogens is 264 g/mol. The number of nitrogens with two attached hydrogens (primary N) is 1. The van der Waals surface area contributed by atoms with Crippen molar-refractivity contribution in [2.45, 2.75) is 30.9 Å². The number of hydrogen-bond donors (Lipinski definition) is 1. The van der Waals surface area contributed by atoms with Gasteiger partial charge in [-0.3, -0.25) is 0 Å². The van der Waals surface area contributed by atoms with E-state index in [-0.39, 0.29) is 12.6 Å². The zero-order chi connectivity index (χ0) is 13.9. The largest absolute Gasteiger partial charge is 0.375 e. The van der Waals surface area contributed by atoms with Crippen molar-refractivity contribution in [1.82, 2.24) is 4.31 Å². The highest BCUT2D eigenvalue weighted by Gasteiger charge is 2.31. The SMILES string of the molecule is CCC1CN(S(=O)(=O)c2ccccc2CN)CCO1. The highest BCUT2D eigenvalue weighted by molar-refractivity contribution is 7.89. The van der Waals surface area contributed by atoms with E-state index in [9.17, 15) is 8.42 Å². The second kappa shape index (κ2) is 6.00. The van der Waals surface area contributed by atoms with Gasteiger partial charge in [0.25, 0.3) is 0 Å². The summed E-state index contributed by atoms with van der Waals surface area (Å²) in [5.41, 5.74) is 6.28. The zero-order valence-electron chi connectivity index (χ0n) is 11.1. The summed E-state index contributed by atoms with van der Waals surface area (Å²) in [6.07, 6.45) is 0.790. The summed E-state index contributed by atoms with van der Waals surface area (Å²) in [5.74, 6) is 0. The Labute approximate surface area is 114 Å². The summed E-state index contributed by atoms with van der Waals surface area (Å²) in [5, 5.41) is 0. The van der Waals surface area contributed by atoms with E-state index in [0.717, 1.165) is 6.42 Å². The van der Waals surface area contributed by atoms with Gasteiger partial charge in [-0.1, -0.05) is 25.1 Å². The van der Waals surface area contributed by atoms with Crippen LogP contribution in [0.25, 0.3) is 0 Å². The highest BCUT2D eigenvalue weighted by Crippen LogP contribution is 2.22. The van der Waals surface area contributed by atoms with Crippen LogP contribution < -0.4 is 5.73 Å². The fourth-order valence-electron chi connectivity index (χ4n) is 2.22. The Bertz CT molecular complexity index is 530. The van der Waals surface area contributed by atoms with Gasteiger partial charge >= 0.3 is 0 Å². The third kappa shape index (κ3) is 2.97. The molecule has 6 heteroatoms. The Kier molecular flexibility index (Phi) is 4.57. The molecule has 0 saturated carbocycles. The van der Waals surface area contributed by atoms with Crippen LogP contribution in [0.4, 0.5) is 0 Å². The van der Waals surface area contributed by atoms with Crippen LogP contribution in [0.2, 0.25) is 0 Å². The summed E-state index contributed by atoms with van der Waals surface area (Å²) >= 11 is 0. The summed E-state index contributed by atoms with van der Waals surface area (Å²) in [6, 6.07) is 6.90. The third-order valence-electron chi connectivity index (χ3n) is 3.37. The van der Waals surface area contributed by atoms with E-state index in [2.05, 4.69) is 0 Å². The van der Waals surface area contributed by atoms with Gasteiger partial charge in [0.15, 0.2) is 0 Å². The lowest BCUT2D eigenvalue weighted by atomic mass is 10.2. The van der Waals surface area contributed by atoms with E-state index >= 15 is 0 Å². The molecule has 0 radical (unpaired) electrons. The average Bonchev–Trinajstić information content (AvgIpc) is 2.47. The maximum Gasteiger partial charge on any atom is 0.243 e. The van der Waals surface area contributed by atoms with Crippen LogP contribution in [-0.4, -0.2) is 38.5 Å². The van der Waals surface area contributed by atoms with E-state index in [4.69, 9.17) is 10.5 Å². The molecule has 5 nitrogen and oxygen atoms in total. The summed E-state index contributed by atoms with van der Waals surface area (Å²) in [6.45, 7) is 3.48. The van der Waals surface area contributed by atoms with Crippen molar-refractivity contribution in [2.24, 2.45) is 5.73 Å². The molecule has 2 N–H and O–H groups in total. The van der Waals surface area contributed by atoms with Crippen molar-refractivity contribution in [3.8, 4) is 0 Å². The van der Waals surface area contributed by atoms with Gasteiger partial charge in [0, 0.05) is 19.6 Å². The molecule has 0 amide bonds. The first-order valence-corrected chi connectivity index (χ1v) is 7.93. The van der Waals surface area contributed by atoms with Gasteiger partial charge in [-0.05, 0) is 18.1 Å². The van der Waals surface area contributed by atoms with Crippen LogP contribution in [0.15, 0.2) is 29.2 Å². The first-order valence-electron chi connectivity index (χ1n) is 6.49. The molecule has 1 aliphatic heterocycles. The maximum atomic E-state index is 12.6. The Morgan fingerprint density at radius 3 is 2.84 bits per heavy atom. The number of benzene rings is 1. The molecule has 1 unspecified atom stereocenters. The van der Waals surface area contributed by atoms with Gasteiger partial charge < -0.3 is 10.5 Å². The molecule has 1 aromatic carbocycles. The van der Waals surface area contributed by atoms with Gasteiger partial charge in [0.1, 0.15) is 0 Å². The molecule has 1 aromatic rings. The molecule has 0 spiro atoms. The molecule has 106 valence electrons. The minimum atomic E-state index is -3.47. The Morgan fingerprint density at radius 2 is 2.16 bits per heavy atom. The van der Waals surface area contributed by atoms with Crippen molar-refractivity contribution in [3.63, 3.8) is 0 Å². The second-order valence-electron chi connectivity index (χ2n) is 4.58. The molecule has 0 aromatic heterocycles. The smallest absolute Gasteiger partial charge is 0.243 e. The number of rotatable bonds is 4. The van der Waals surface area contributed by atoms with Crippen LogP contribution >= 0.6 is 0 Å². The first kappa shape index (κ1) is 14.5. The summed E-state index contributed by atoms with van der Waals surface area (Å²) in [4.78, 5) is 0.314. The zero-order valence-corrected chi connectivity index (χ0v) is 11.9. The summed E-state index contributed by atoms with van der Waals surface area (Å²) in [7, 11) is -3.47. The van der Waals surface area contributed by atoms with Gasteiger partial charge in [0.05, 0.1) is 17.6 Å².